The summed E-state index contributed by atoms with van der Waals surface area (Å²) in [4.78, 5) is 23.3. The zero-order valence-electron chi connectivity index (χ0n) is 11.8. The first kappa shape index (κ1) is 13.8. The topological polar surface area (TPSA) is 95.1 Å². The number of amides is 1. The number of H-pyrrole nitrogens is 1. The predicted octanol–water partition coefficient (Wildman–Crippen LogP) is 2.82. The second-order valence-electron chi connectivity index (χ2n) is 4.91. The van der Waals surface area contributed by atoms with E-state index in [1.54, 1.807) is 13.0 Å². The van der Waals surface area contributed by atoms with Crippen LogP contribution in [0.3, 0.4) is 0 Å². The first-order chi connectivity index (χ1) is 10.6. The molecule has 3 N–H and O–H groups in total. The molecule has 0 unspecified atom stereocenters. The average Bonchev–Trinajstić information content (AvgIpc) is 2.93. The van der Waals surface area contributed by atoms with Crippen LogP contribution in [0.15, 0.2) is 42.5 Å². The average molecular weight is 295 g/mol. The van der Waals surface area contributed by atoms with Crippen LogP contribution in [0, 0.1) is 6.92 Å². The standard InChI is InChI=1S/C16H13N3O3/c1-9-8-10(16(21)22)6-7-12(9)17-15(20)14-11-4-2-3-5-13(11)18-19-14/h2-8H,1H3,(H,17,20)(H,18,19)(H,21,22). The first-order valence-electron chi connectivity index (χ1n) is 6.64. The molecule has 22 heavy (non-hydrogen) atoms. The van der Waals surface area contributed by atoms with Crippen molar-refractivity contribution in [2.45, 2.75) is 6.92 Å². The van der Waals surface area contributed by atoms with Crippen molar-refractivity contribution < 1.29 is 14.7 Å². The fourth-order valence-electron chi connectivity index (χ4n) is 2.26. The second-order valence-corrected chi connectivity index (χ2v) is 4.91. The SMILES string of the molecule is Cc1cc(C(=O)O)ccc1NC(=O)c1n[nH]c2ccccc12. The second kappa shape index (κ2) is 5.33. The van der Waals surface area contributed by atoms with E-state index in [1.807, 2.05) is 24.3 Å². The number of aromatic nitrogens is 2. The van der Waals surface area contributed by atoms with E-state index in [9.17, 15) is 9.59 Å². The maximum absolute atomic E-state index is 12.4. The lowest BCUT2D eigenvalue weighted by atomic mass is 10.1. The molecule has 0 aliphatic heterocycles. The number of carbonyl (C=O) groups is 2. The van der Waals surface area contributed by atoms with E-state index in [0.717, 1.165) is 10.9 Å². The Labute approximate surface area is 125 Å². The van der Waals surface area contributed by atoms with Crippen LogP contribution in [0.5, 0.6) is 0 Å². The highest BCUT2D eigenvalue weighted by molar-refractivity contribution is 6.11. The van der Waals surface area contributed by atoms with Crippen molar-refractivity contribution in [2.75, 3.05) is 5.32 Å². The van der Waals surface area contributed by atoms with Crippen LogP contribution in [-0.2, 0) is 0 Å². The quantitative estimate of drug-likeness (QED) is 0.692. The summed E-state index contributed by atoms with van der Waals surface area (Å²) in [5.74, 6) is -1.34. The summed E-state index contributed by atoms with van der Waals surface area (Å²) in [6.45, 7) is 1.74. The Balaban J connectivity index is 1.90. The third-order valence-corrected chi connectivity index (χ3v) is 3.41. The van der Waals surface area contributed by atoms with Gasteiger partial charge in [0.05, 0.1) is 11.1 Å². The third-order valence-electron chi connectivity index (χ3n) is 3.41. The van der Waals surface area contributed by atoms with Crippen molar-refractivity contribution >= 4 is 28.5 Å². The van der Waals surface area contributed by atoms with Gasteiger partial charge >= 0.3 is 5.97 Å². The van der Waals surface area contributed by atoms with Gasteiger partial charge in [-0.25, -0.2) is 4.79 Å². The summed E-state index contributed by atoms with van der Waals surface area (Å²) in [7, 11) is 0. The van der Waals surface area contributed by atoms with Gasteiger partial charge in [-0.3, -0.25) is 9.89 Å². The number of hydrogen-bond acceptors (Lipinski definition) is 3. The van der Waals surface area contributed by atoms with E-state index in [-0.39, 0.29) is 11.5 Å². The van der Waals surface area contributed by atoms with Gasteiger partial charge in [0.25, 0.3) is 5.91 Å². The van der Waals surface area contributed by atoms with Crippen LogP contribution >= 0.6 is 0 Å². The van der Waals surface area contributed by atoms with Crippen molar-refractivity contribution in [3.63, 3.8) is 0 Å². The number of fused-ring (bicyclic) bond motifs is 1. The summed E-state index contributed by atoms with van der Waals surface area (Å²) in [5.41, 5.74) is 2.50. The van der Waals surface area contributed by atoms with Gasteiger partial charge in [-0.1, -0.05) is 18.2 Å². The van der Waals surface area contributed by atoms with Gasteiger partial charge in [0, 0.05) is 11.1 Å². The predicted molar refractivity (Wildman–Crippen MR) is 82.2 cm³/mol. The van der Waals surface area contributed by atoms with E-state index in [2.05, 4.69) is 15.5 Å². The fourth-order valence-corrected chi connectivity index (χ4v) is 2.26. The molecule has 1 heterocycles. The number of aromatic carboxylic acids is 1. The number of carboxylic acid groups (broad SMARTS) is 1. The zero-order chi connectivity index (χ0) is 15.7. The molecule has 110 valence electrons. The smallest absolute Gasteiger partial charge is 0.335 e. The molecule has 0 saturated carbocycles. The Kier molecular flexibility index (Phi) is 3.34. The molecule has 2 aromatic carbocycles. The minimum absolute atomic E-state index is 0.181. The van der Waals surface area contributed by atoms with Crippen molar-refractivity contribution in [1.82, 2.24) is 10.2 Å². The van der Waals surface area contributed by atoms with Crippen molar-refractivity contribution in [1.29, 1.82) is 0 Å². The molecule has 6 nitrogen and oxygen atoms in total. The first-order valence-corrected chi connectivity index (χ1v) is 6.64. The van der Waals surface area contributed by atoms with Crippen molar-refractivity contribution in [2.24, 2.45) is 0 Å². The number of nitrogens with zero attached hydrogens (tertiary/aromatic N) is 1. The molecule has 0 atom stereocenters. The summed E-state index contributed by atoms with van der Waals surface area (Å²) in [6, 6.07) is 11.9. The number of aryl methyl sites for hydroxylation is 1. The van der Waals surface area contributed by atoms with Crippen LogP contribution in [0.1, 0.15) is 26.4 Å². The van der Waals surface area contributed by atoms with Crippen LogP contribution in [0.25, 0.3) is 10.9 Å². The summed E-state index contributed by atoms with van der Waals surface area (Å²) in [6.07, 6.45) is 0. The van der Waals surface area contributed by atoms with Crippen LogP contribution in [-0.4, -0.2) is 27.2 Å². The van der Waals surface area contributed by atoms with E-state index in [1.165, 1.54) is 12.1 Å². The lowest BCUT2D eigenvalue weighted by molar-refractivity contribution is 0.0696. The number of hydrogen-bond donors (Lipinski definition) is 3. The number of benzene rings is 2. The Hall–Kier alpha value is -3.15. The zero-order valence-corrected chi connectivity index (χ0v) is 11.8. The highest BCUT2D eigenvalue weighted by atomic mass is 16.4. The molecule has 0 fully saturated rings. The van der Waals surface area contributed by atoms with Crippen LogP contribution in [0.4, 0.5) is 5.69 Å². The van der Waals surface area contributed by atoms with Crippen LogP contribution < -0.4 is 5.32 Å². The van der Waals surface area contributed by atoms with E-state index < -0.39 is 5.97 Å². The Morgan fingerprint density at radius 1 is 1.18 bits per heavy atom. The van der Waals surface area contributed by atoms with Crippen molar-refractivity contribution in [3.8, 4) is 0 Å². The van der Waals surface area contributed by atoms with Gasteiger partial charge < -0.3 is 10.4 Å². The van der Waals surface area contributed by atoms with E-state index in [0.29, 0.717) is 16.9 Å². The number of carbonyl (C=O) groups excluding carboxylic acids is 1. The number of aromatic amines is 1. The monoisotopic (exact) mass is 295 g/mol. The highest BCUT2D eigenvalue weighted by Gasteiger charge is 2.15. The summed E-state index contributed by atoms with van der Waals surface area (Å²) in [5, 5.41) is 19.3. The lowest BCUT2D eigenvalue weighted by Crippen LogP contribution is -2.14. The van der Waals surface area contributed by atoms with Gasteiger partial charge in [-0.05, 0) is 36.8 Å². The largest absolute Gasteiger partial charge is 0.478 e. The van der Waals surface area contributed by atoms with Gasteiger partial charge in [0.1, 0.15) is 0 Å². The maximum Gasteiger partial charge on any atom is 0.335 e. The van der Waals surface area contributed by atoms with Gasteiger partial charge in [-0.2, -0.15) is 5.10 Å². The molecule has 3 rings (SSSR count). The number of nitrogens with one attached hydrogen (secondary N) is 2. The summed E-state index contributed by atoms with van der Waals surface area (Å²) >= 11 is 0. The molecule has 0 radical (unpaired) electrons. The molecule has 0 bridgehead atoms. The van der Waals surface area contributed by atoms with Gasteiger partial charge in [0.2, 0.25) is 0 Å². The number of anilines is 1. The maximum atomic E-state index is 12.4. The molecule has 0 aliphatic carbocycles. The molecule has 0 spiro atoms. The fraction of sp³-hybridized carbons (Fsp3) is 0.0625. The molecular weight excluding hydrogens is 282 g/mol. The van der Waals surface area contributed by atoms with Gasteiger partial charge in [-0.15, -0.1) is 0 Å². The number of para-hydroxylation sites is 1. The molecule has 1 aromatic heterocycles. The Morgan fingerprint density at radius 3 is 2.68 bits per heavy atom. The van der Waals surface area contributed by atoms with Crippen LogP contribution in [0.2, 0.25) is 0 Å². The molecule has 3 aromatic rings. The molecule has 0 saturated heterocycles. The highest BCUT2D eigenvalue weighted by Crippen LogP contribution is 2.20. The minimum atomic E-state index is -1.00. The van der Waals surface area contributed by atoms with E-state index in [4.69, 9.17) is 5.11 Å². The lowest BCUT2D eigenvalue weighted by Gasteiger charge is -2.08. The molecule has 1 amide bonds. The molecule has 6 heteroatoms. The normalized spacial score (nSPS) is 10.6. The third kappa shape index (κ3) is 2.42. The number of rotatable bonds is 3. The Bertz CT molecular complexity index is 883. The minimum Gasteiger partial charge on any atom is -0.478 e. The molecular formula is C16H13N3O3. The number of carboxylic acids is 1. The molecule has 0 aliphatic rings. The van der Waals surface area contributed by atoms with E-state index >= 15 is 0 Å². The Morgan fingerprint density at radius 2 is 1.95 bits per heavy atom. The van der Waals surface area contributed by atoms with Crippen molar-refractivity contribution in [3.05, 3.63) is 59.3 Å². The van der Waals surface area contributed by atoms with Gasteiger partial charge in [0.15, 0.2) is 5.69 Å². The summed E-state index contributed by atoms with van der Waals surface area (Å²) < 4.78 is 0.